The first-order valence-electron chi connectivity index (χ1n) is 6.41. The number of hydrogen-bond donors (Lipinski definition) is 2. The summed E-state index contributed by atoms with van der Waals surface area (Å²) in [5, 5.41) is 6.14. The van der Waals surface area contributed by atoms with Crippen LogP contribution in [0.1, 0.15) is 23.0 Å². The van der Waals surface area contributed by atoms with Crippen LogP contribution in [0.2, 0.25) is 5.15 Å². The smallest absolute Gasteiger partial charge is 0.251 e. The van der Waals surface area contributed by atoms with Crippen LogP contribution < -0.4 is 10.6 Å². The van der Waals surface area contributed by atoms with Crippen LogP contribution in [0.15, 0.2) is 34.9 Å². The molecule has 0 aliphatic heterocycles. The molecule has 2 aromatic rings. The zero-order chi connectivity index (χ0) is 14.4. The Morgan fingerprint density at radius 3 is 3.00 bits per heavy atom. The van der Waals surface area contributed by atoms with Gasteiger partial charge in [0, 0.05) is 25.1 Å². The van der Waals surface area contributed by atoms with Crippen molar-refractivity contribution in [2.45, 2.75) is 13.3 Å². The van der Waals surface area contributed by atoms with Gasteiger partial charge in [-0.05, 0) is 31.2 Å². The summed E-state index contributed by atoms with van der Waals surface area (Å²) < 4.78 is 5.20. The summed E-state index contributed by atoms with van der Waals surface area (Å²) in [4.78, 5) is 16.1. The minimum Gasteiger partial charge on any atom is -0.469 e. The lowest BCUT2D eigenvalue weighted by atomic mass is 10.2. The fraction of sp³-hybridized carbons (Fsp3) is 0.286. The minimum absolute atomic E-state index is 0.181. The van der Waals surface area contributed by atoms with E-state index in [1.54, 1.807) is 18.4 Å². The normalized spacial score (nSPS) is 10.3. The molecule has 2 aromatic heterocycles. The second kappa shape index (κ2) is 6.96. The molecule has 0 unspecified atom stereocenters. The number of carbonyl (C=O) groups excluding carboxylic acids is 1. The third-order valence-corrected chi connectivity index (χ3v) is 2.84. The number of halogens is 1. The van der Waals surface area contributed by atoms with Gasteiger partial charge >= 0.3 is 0 Å². The van der Waals surface area contributed by atoms with Crippen LogP contribution in [-0.2, 0) is 6.42 Å². The molecule has 2 heterocycles. The van der Waals surface area contributed by atoms with Gasteiger partial charge in [0.15, 0.2) is 0 Å². The van der Waals surface area contributed by atoms with Crippen LogP contribution in [0.25, 0.3) is 0 Å². The van der Waals surface area contributed by atoms with Gasteiger partial charge in [0.1, 0.15) is 16.7 Å². The predicted octanol–water partition coefficient (Wildman–Crippen LogP) is 2.73. The zero-order valence-corrected chi connectivity index (χ0v) is 11.9. The molecule has 0 aromatic carbocycles. The molecule has 0 spiro atoms. The molecule has 0 aliphatic carbocycles. The summed E-state index contributed by atoms with van der Waals surface area (Å²) in [7, 11) is 0. The SMILES string of the molecule is CCNc1cc(C(=O)NCCc2ccco2)cc(Cl)n1. The van der Waals surface area contributed by atoms with E-state index in [0.717, 1.165) is 5.76 Å². The maximum absolute atomic E-state index is 12.0. The molecule has 2 rings (SSSR count). The number of aromatic nitrogens is 1. The van der Waals surface area contributed by atoms with Gasteiger partial charge in [-0.2, -0.15) is 0 Å². The lowest BCUT2D eigenvalue weighted by Crippen LogP contribution is -2.25. The van der Waals surface area contributed by atoms with Crippen LogP contribution in [0.3, 0.4) is 0 Å². The van der Waals surface area contributed by atoms with E-state index in [1.807, 2.05) is 19.1 Å². The first-order valence-corrected chi connectivity index (χ1v) is 6.79. The first-order chi connectivity index (χ1) is 9.69. The van der Waals surface area contributed by atoms with Gasteiger partial charge in [-0.15, -0.1) is 0 Å². The highest BCUT2D eigenvalue weighted by Crippen LogP contribution is 2.14. The summed E-state index contributed by atoms with van der Waals surface area (Å²) in [5.41, 5.74) is 0.486. The summed E-state index contributed by atoms with van der Waals surface area (Å²) in [6.45, 7) is 3.17. The van der Waals surface area contributed by atoms with Gasteiger partial charge in [0.05, 0.1) is 6.26 Å². The molecular weight excluding hydrogens is 278 g/mol. The Hall–Kier alpha value is -2.01. The molecule has 0 radical (unpaired) electrons. The molecule has 2 N–H and O–H groups in total. The summed E-state index contributed by atoms with van der Waals surface area (Å²) >= 11 is 5.90. The molecular formula is C14H16ClN3O2. The van der Waals surface area contributed by atoms with Crippen molar-refractivity contribution in [1.82, 2.24) is 10.3 Å². The maximum Gasteiger partial charge on any atom is 0.251 e. The lowest BCUT2D eigenvalue weighted by Gasteiger charge is -2.07. The fourth-order valence-electron chi connectivity index (χ4n) is 1.76. The van der Waals surface area contributed by atoms with Crippen LogP contribution in [0.5, 0.6) is 0 Å². The van der Waals surface area contributed by atoms with Gasteiger partial charge in [0.2, 0.25) is 0 Å². The molecule has 0 fully saturated rings. The molecule has 0 bridgehead atoms. The van der Waals surface area contributed by atoms with Crippen molar-refractivity contribution in [3.63, 3.8) is 0 Å². The van der Waals surface area contributed by atoms with Gasteiger partial charge in [-0.3, -0.25) is 4.79 Å². The molecule has 0 saturated carbocycles. The van der Waals surface area contributed by atoms with Crippen molar-refractivity contribution in [2.75, 3.05) is 18.4 Å². The maximum atomic E-state index is 12.0. The number of carbonyl (C=O) groups is 1. The number of amides is 1. The summed E-state index contributed by atoms with van der Waals surface area (Å²) in [6, 6.07) is 6.92. The Bertz CT molecular complexity index is 570. The number of rotatable bonds is 6. The average molecular weight is 294 g/mol. The minimum atomic E-state index is -0.181. The molecule has 5 nitrogen and oxygen atoms in total. The second-order valence-electron chi connectivity index (χ2n) is 4.18. The lowest BCUT2D eigenvalue weighted by molar-refractivity contribution is 0.0953. The molecule has 1 amide bonds. The van der Waals surface area contributed by atoms with Crippen molar-refractivity contribution in [3.8, 4) is 0 Å². The third-order valence-electron chi connectivity index (χ3n) is 2.65. The van der Waals surface area contributed by atoms with Gasteiger partial charge in [-0.1, -0.05) is 11.6 Å². The number of hydrogen-bond acceptors (Lipinski definition) is 4. The monoisotopic (exact) mass is 293 g/mol. The molecule has 6 heteroatoms. The molecule has 106 valence electrons. The Labute approximate surface area is 122 Å². The fourth-order valence-corrected chi connectivity index (χ4v) is 1.96. The highest BCUT2D eigenvalue weighted by Gasteiger charge is 2.09. The van der Waals surface area contributed by atoms with Crippen LogP contribution in [0, 0.1) is 0 Å². The molecule has 0 atom stereocenters. The highest BCUT2D eigenvalue weighted by atomic mass is 35.5. The molecule has 0 saturated heterocycles. The molecule has 20 heavy (non-hydrogen) atoms. The van der Waals surface area contributed by atoms with E-state index in [-0.39, 0.29) is 5.91 Å². The predicted molar refractivity (Wildman–Crippen MR) is 78.2 cm³/mol. The van der Waals surface area contributed by atoms with Crippen molar-refractivity contribution in [1.29, 1.82) is 0 Å². The number of anilines is 1. The average Bonchev–Trinajstić information content (AvgIpc) is 2.91. The highest BCUT2D eigenvalue weighted by molar-refractivity contribution is 6.29. The standard InChI is InChI=1S/C14H16ClN3O2/c1-2-16-13-9-10(8-12(15)18-13)14(19)17-6-5-11-4-3-7-20-11/h3-4,7-9H,2,5-6H2,1H3,(H,16,18)(H,17,19). The Balaban J connectivity index is 1.94. The summed E-state index contributed by atoms with van der Waals surface area (Å²) in [5.74, 6) is 1.25. The number of nitrogens with zero attached hydrogens (tertiary/aromatic N) is 1. The van der Waals surface area contributed by atoms with E-state index in [2.05, 4.69) is 15.6 Å². The van der Waals surface area contributed by atoms with E-state index in [1.165, 1.54) is 0 Å². The van der Waals surface area contributed by atoms with Gasteiger partial charge in [0.25, 0.3) is 5.91 Å². The van der Waals surface area contributed by atoms with E-state index in [0.29, 0.717) is 36.0 Å². The number of pyridine rings is 1. The number of furan rings is 1. The van der Waals surface area contributed by atoms with Crippen molar-refractivity contribution in [2.24, 2.45) is 0 Å². The van der Waals surface area contributed by atoms with Crippen LogP contribution >= 0.6 is 11.6 Å². The number of nitrogens with one attached hydrogen (secondary N) is 2. The van der Waals surface area contributed by atoms with E-state index < -0.39 is 0 Å². The first kappa shape index (κ1) is 14.4. The second-order valence-corrected chi connectivity index (χ2v) is 4.57. The third kappa shape index (κ3) is 3.99. The van der Waals surface area contributed by atoms with Crippen LogP contribution in [-0.4, -0.2) is 24.0 Å². The zero-order valence-electron chi connectivity index (χ0n) is 11.1. The van der Waals surface area contributed by atoms with Crippen molar-refractivity contribution in [3.05, 3.63) is 47.0 Å². The summed E-state index contributed by atoms with van der Waals surface area (Å²) in [6.07, 6.45) is 2.26. The van der Waals surface area contributed by atoms with Crippen LogP contribution in [0.4, 0.5) is 5.82 Å². The van der Waals surface area contributed by atoms with E-state index in [4.69, 9.17) is 16.0 Å². The van der Waals surface area contributed by atoms with E-state index >= 15 is 0 Å². The van der Waals surface area contributed by atoms with Crippen molar-refractivity contribution < 1.29 is 9.21 Å². The van der Waals surface area contributed by atoms with Crippen molar-refractivity contribution >= 4 is 23.3 Å². The topological polar surface area (TPSA) is 67.2 Å². The Morgan fingerprint density at radius 2 is 2.30 bits per heavy atom. The van der Waals surface area contributed by atoms with Gasteiger partial charge in [-0.25, -0.2) is 4.98 Å². The van der Waals surface area contributed by atoms with E-state index in [9.17, 15) is 4.79 Å². The molecule has 0 aliphatic rings. The Kier molecular flexibility index (Phi) is 5.01. The largest absolute Gasteiger partial charge is 0.469 e. The quantitative estimate of drug-likeness (QED) is 0.804. The Morgan fingerprint density at radius 1 is 1.45 bits per heavy atom. The van der Waals surface area contributed by atoms with Gasteiger partial charge < -0.3 is 15.1 Å².